The van der Waals surface area contributed by atoms with E-state index in [4.69, 9.17) is 11.5 Å². The topological polar surface area (TPSA) is 84.6 Å². The lowest BCUT2D eigenvalue weighted by atomic mass is 10.1. The minimum Gasteiger partial charge on any atom is -0.508 e. The summed E-state index contributed by atoms with van der Waals surface area (Å²) in [6.07, 6.45) is 0. The maximum Gasteiger partial charge on any atom is 0.191 e. The molecule has 0 bridgehead atoms. The zero-order valence-electron chi connectivity index (χ0n) is 8.01. The molecule has 0 fully saturated rings. The van der Waals surface area contributed by atoms with E-state index in [-0.39, 0.29) is 11.7 Å². The van der Waals surface area contributed by atoms with Crippen LogP contribution < -0.4 is 11.5 Å². The summed E-state index contributed by atoms with van der Waals surface area (Å²) in [5.74, 6) is 0.201. The molecule has 0 unspecified atom stereocenters. The Hall–Kier alpha value is -2.23. The number of aliphatic imine (C=N–C) groups is 1. The molecule has 0 aromatic heterocycles. The Bertz CT molecular complexity index is 530. The molecule has 2 rings (SSSR count). The van der Waals surface area contributed by atoms with E-state index >= 15 is 0 Å². The first-order valence-corrected chi connectivity index (χ1v) is 4.48. The molecule has 0 radical (unpaired) electrons. The predicted molar refractivity (Wildman–Crippen MR) is 61.1 cm³/mol. The Balaban J connectivity index is 2.74. The number of rotatable bonds is 1. The van der Waals surface area contributed by atoms with Gasteiger partial charge in [-0.15, -0.1) is 0 Å². The van der Waals surface area contributed by atoms with Gasteiger partial charge in [0, 0.05) is 5.39 Å². The van der Waals surface area contributed by atoms with Gasteiger partial charge in [-0.05, 0) is 23.6 Å². The molecule has 4 nitrogen and oxygen atoms in total. The van der Waals surface area contributed by atoms with Gasteiger partial charge >= 0.3 is 0 Å². The van der Waals surface area contributed by atoms with Crippen molar-refractivity contribution < 1.29 is 5.11 Å². The lowest BCUT2D eigenvalue weighted by Crippen LogP contribution is -2.21. The van der Waals surface area contributed by atoms with E-state index in [1.165, 1.54) is 0 Å². The van der Waals surface area contributed by atoms with Crippen molar-refractivity contribution in [2.75, 3.05) is 0 Å². The number of phenolic OH excluding ortho intramolecular Hbond substituents is 1. The molecule has 0 saturated heterocycles. The first-order valence-electron chi connectivity index (χ1n) is 4.48. The number of nitrogens with zero attached hydrogens (tertiary/aromatic N) is 1. The van der Waals surface area contributed by atoms with E-state index < -0.39 is 0 Å². The molecule has 4 heteroatoms. The number of nitrogens with two attached hydrogens (primary N) is 2. The molecule has 0 heterocycles. The first kappa shape index (κ1) is 9.33. The SMILES string of the molecule is NC(N)=Nc1cccc2ccc(O)cc12. The standard InChI is InChI=1S/C11H11N3O/c12-11(13)14-10-3-1-2-7-4-5-8(15)6-9(7)10/h1-6,15H,(H4,12,13,14). The van der Waals surface area contributed by atoms with Crippen LogP contribution in [0.4, 0.5) is 5.69 Å². The lowest BCUT2D eigenvalue weighted by molar-refractivity contribution is 0.476. The Kier molecular flexibility index (Phi) is 2.17. The summed E-state index contributed by atoms with van der Waals surface area (Å²) in [6, 6.07) is 10.7. The Labute approximate surface area is 86.8 Å². The summed E-state index contributed by atoms with van der Waals surface area (Å²) in [5.41, 5.74) is 11.3. The highest BCUT2D eigenvalue weighted by Gasteiger charge is 2.00. The van der Waals surface area contributed by atoms with E-state index in [0.29, 0.717) is 5.69 Å². The number of aromatic hydroxyl groups is 1. The van der Waals surface area contributed by atoms with Gasteiger partial charge in [0.25, 0.3) is 0 Å². The van der Waals surface area contributed by atoms with Crippen LogP contribution in [0.3, 0.4) is 0 Å². The third kappa shape index (κ3) is 1.83. The van der Waals surface area contributed by atoms with Crippen molar-refractivity contribution in [3.8, 4) is 5.75 Å². The van der Waals surface area contributed by atoms with Crippen LogP contribution in [-0.4, -0.2) is 11.1 Å². The normalized spacial score (nSPS) is 10.1. The highest BCUT2D eigenvalue weighted by Crippen LogP contribution is 2.28. The third-order valence-corrected chi connectivity index (χ3v) is 2.09. The van der Waals surface area contributed by atoms with Crippen molar-refractivity contribution in [1.82, 2.24) is 0 Å². The van der Waals surface area contributed by atoms with Gasteiger partial charge in [0.2, 0.25) is 0 Å². The number of phenols is 1. The molecule has 0 amide bonds. The second-order valence-corrected chi connectivity index (χ2v) is 3.22. The summed E-state index contributed by atoms with van der Waals surface area (Å²) < 4.78 is 0. The van der Waals surface area contributed by atoms with Gasteiger partial charge in [0.15, 0.2) is 5.96 Å². The Morgan fingerprint density at radius 2 is 1.93 bits per heavy atom. The second-order valence-electron chi connectivity index (χ2n) is 3.22. The number of hydrogen-bond donors (Lipinski definition) is 3. The summed E-state index contributed by atoms with van der Waals surface area (Å²) in [5, 5.41) is 11.2. The molecule has 0 aliphatic rings. The average molecular weight is 201 g/mol. The summed E-state index contributed by atoms with van der Waals surface area (Å²) in [6.45, 7) is 0. The van der Waals surface area contributed by atoms with E-state index in [0.717, 1.165) is 10.8 Å². The quantitative estimate of drug-likeness (QED) is 0.482. The van der Waals surface area contributed by atoms with Gasteiger partial charge < -0.3 is 16.6 Å². The van der Waals surface area contributed by atoms with Gasteiger partial charge in [0.1, 0.15) is 5.75 Å². The van der Waals surface area contributed by atoms with Crippen LogP contribution >= 0.6 is 0 Å². The largest absolute Gasteiger partial charge is 0.508 e. The van der Waals surface area contributed by atoms with E-state index in [1.807, 2.05) is 18.2 Å². The minimum absolute atomic E-state index is 0.00541. The predicted octanol–water partition coefficient (Wildman–Crippen LogP) is 1.45. The zero-order chi connectivity index (χ0) is 10.8. The maximum atomic E-state index is 9.38. The molecular weight excluding hydrogens is 190 g/mol. The molecule has 5 N–H and O–H groups in total. The Morgan fingerprint density at radius 3 is 2.67 bits per heavy atom. The van der Waals surface area contributed by atoms with Crippen molar-refractivity contribution in [2.24, 2.45) is 16.5 Å². The summed E-state index contributed by atoms with van der Waals surface area (Å²) in [7, 11) is 0. The lowest BCUT2D eigenvalue weighted by Gasteiger charge is -2.02. The fourth-order valence-corrected chi connectivity index (χ4v) is 1.48. The summed E-state index contributed by atoms with van der Waals surface area (Å²) in [4.78, 5) is 3.99. The molecule has 15 heavy (non-hydrogen) atoms. The van der Waals surface area contributed by atoms with Crippen LogP contribution in [0.25, 0.3) is 10.8 Å². The molecular formula is C11H11N3O. The van der Waals surface area contributed by atoms with Crippen molar-refractivity contribution in [3.63, 3.8) is 0 Å². The van der Waals surface area contributed by atoms with Crippen LogP contribution in [0.15, 0.2) is 41.4 Å². The zero-order valence-corrected chi connectivity index (χ0v) is 8.01. The van der Waals surface area contributed by atoms with Crippen LogP contribution in [0, 0.1) is 0 Å². The summed E-state index contributed by atoms with van der Waals surface area (Å²) >= 11 is 0. The van der Waals surface area contributed by atoms with Gasteiger partial charge in [-0.1, -0.05) is 18.2 Å². The minimum atomic E-state index is 0.00541. The molecule has 0 aliphatic carbocycles. The fraction of sp³-hybridized carbons (Fsp3) is 0. The molecule has 0 spiro atoms. The van der Waals surface area contributed by atoms with Gasteiger partial charge in [-0.3, -0.25) is 0 Å². The average Bonchev–Trinajstić information content (AvgIpc) is 2.18. The molecule has 0 aliphatic heterocycles. The number of hydrogen-bond acceptors (Lipinski definition) is 2. The molecule has 76 valence electrons. The number of benzene rings is 2. The Morgan fingerprint density at radius 1 is 1.13 bits per heavy atom. The van der Waals surface area contributed by atoms with Crippen molar-refractivity contribution in [3.05, 3.63) is 36.4 Å². The van der Waals surface area contributed by atoms with Crippen molar-refractivity contribution in [2.45, 2.75) is 0 Å². The first-order chi connectivity index (χ1) is 7.16. The second kappa shape index (κ2) is 3.49. The van der Waals surface area contributed by atoms with Gasteiger partial charge in [-0.25, -0.2) is 4.99 Å². The maximum absolute atomic E-state index is 9.38. The number of guanidine groups is 1. The van der Waals surface area contributed by atoms with Gasteiger partial charge in [-0.2, -0.15) is 0 Å². The molecule has 0 saturated carbocycles. The van der Waals surface area contributed by atoms with E-state index in [9.17, 15) is 5.11 Å². The molecule has 0 atom stereocenters. The van der Waals surface area contributed by atoms with Crippen molar-refractivity contribution >= 4 is 22.4 Å². The van der Waals surface area contributed by atoms with E-state index in [2.05, 4.69) is 4.99 Å². The highest BCUT2D eigenvalue weighted by molar-refractivity contribution is 5.95. The molecule has 2 aromatic carbocycles. The van der Waals surface area contributed by atoms with Crippen molar-refractivity contribution in [1.29, 1.82) is 0 Å². The van der Waals surface area contributed by atoms with Crippen LogP contribution in [-0.2, 0) is 0 Å². The third-order valence-electron chi connectivity index (χ3n) is 2.09. The van der Waals surface area contributed by atoms with Crippen LogP contribution in [0.5, 0.6) is 5.75 Å². The van der Waals surface area contributed by atoms with Crippen LogP contribution in [0.1, 0.15) is 0 Å². The number of fused-ring (bicyclic) bond motifs is 1. The highest BCUT2D eigenvalue weighted by atomic mass is 16.3. The van der Waals surface area contributed by atoms with Crippen LogP contribution in [0.2, 0.25) is 0 Å². The van der Waals surface area contributed by atoms with E-state index in [1.54, 1.807) is 18.2 Å². The van der Waals surface area contributed by atoms with Gasteiger partial charge in [0.05, 0.1) is 5.69 Å². The fourth-order valence-electron chi connectivity index (χ4n) is 1.48. The smallest absolute Gasteiger partial charge is 0.191 e. The molecule has 2 aromatic rings. The monoisotopic (exact) mass is 201 g/mol.